The first kappa shape index (κ1) is 19.3. The zero-order valence-corrected chi connectivity index (χ0v) is 16.9. The van der Waals surface area contributed by atoms with Crippen molar-refractivity contribution in [1.82, 2.24) is 10.2 Å². The average Bonchev–Trinajstić information content (AvgIpc) is 3.07. The van der Waals surface area contributed by atoms with Crippen LogP contribution in [0.25, 0.3) is 0 Å². The lowest BCUT2D eigenvalue weighted by molar-refractivity contribution is 0.102. The maximum Gasteiger partial charge on any atom is 0.257 e. The van der Waals surface area contributed by atoms with Crippen molar-refractivity contribution in [3.05, 3.63) is 69.2 Å². The smallest absolute Gasteiger partial charge is 0.257 e. The number of rotatable bonds is 6. The van der Waals surface area contributed by atoms with Crippen LogP contribution in [0.1, 0.15) is 46.3 Å². The molecule has 0 saturated heterocycles. The number of hydrogen-bond acceptors (Lipinski definition) is 5. The lowest BCUT2D eigenvalue weighted by Gasteiger charge is -2.13. The van der Waals surface area contributed by atoms with Gasteiger partial charge in [0.05, 0.1) is 0 Å². The Kier molecular flexibility index (Phi) is 6.08. The highest BCUT2D eigenvalue weighted by Gasteiger charge is 2.12. The van der Waals surface area contributed by atoms with Gasteiger partial charge in [-0.3, -0.25) is 10.1 Å². The van der Waals surface area contributed by atoms with Gasteiger partial charge in [0.25, 0.3) is 5.91 Å². The van der Waals surface area contributed by atoms with E-state index in [9.17, 15) is 4.79 Å². The molecular formula is C20H20ClN3O2S. The van der Waals surface area contributed by atoms with Gasteiger partial charge < -0.3 is 4.74 Å². The summed E-state index contributed by atoms with van der Waals surface area (Å²) in [5, 5.41) is 12.6. The molecule has 0 fully saturated rings. The quantitative estimate of drug-likeness (QED) is 0.596. The maximum absolute atomic E-state index is 12.2. The van der Waals surface area contributed by atoms with E-state index < -0.39 is 0 Å². The number of aromatic nitrogens is 2. The van der Waals surface area contributed by atoms with Crippen molar-refractivity contribution < 1.29 is 9.53 Å². The van der Waals surface area contributed by atoms with Gasteiger partial charge >= 0.3 is 0 Å². The van der Waals surface area contributed by atoms with E-state index >= 15 is 0 Å². The lowest BCUT2D eigenvalue weighted by atomic mass is 10.0. The van der Waals surface area contributed by atoms with Crippen LogP contribution in [0.3, 0.4) is 0 Å². The molecule has 0 bridgehead atoms. The molecule has 0 aliphatic carbocycles. The number of carbonyl (C=O) groups is 1. The van der Waals surface area contributed by atoms with Gasteiger partial charge in [0.2, 0.25) is 5.13 Å². The molecule has 140 valence electrons. The number of halogens is 1. The van der Waals surface area contributed by atoms with Gasteiger partial charge in [-0.1, -0.05) is 48.9 Å². The van der Waals surface area contributed by atoms with Crippen LogP contribution in [-0.4, -0.2) is 16.1 Å². The highest BCUT2D eigenvalue weighted by atomic mass is 35.5. The van der Waals surface area contributed by atoms with Gasteiger partial charge in [0.15, 0.2) is 5.01 Å². The molecule has 0 aliphatic heterocycles. The Hall–Kier alpha value is -2.44. The van der Waals surface area contributed by atoms with Gasteiger partial charge in [-0.05, 0) is 54.3 Å². The molecular weight excluding hydrogens is 382 g/mol. The van der Waals surface area contributed by atoms with Crippen molar-refractivity contribution in [2.75, 3.05) is 5.32 Å². The normalized spacial score (nSPS) is 10.9. The van der Waals surface area contributed by atoms with Crippen LogP contribution >= 0.6 is 22.9 Å². The highest BCUT2D eigenvalue weighted by molar-refractivity contribution is 7.15. The second kappa shape index (κ2) is 8.50. The molecule has 0 atom stereocenters. The minimum absolute atomic E-state index is 0.254. The zero-order chi connectivity index (χ0) is 19.4. The number of hydrogen-bond donors (Lipinski definition) is 1. The molecule has 0 aliphatic rings. The lowest BCUT2D eigenvalue weighted by Crippen LogP contribution is -2.11. The van der Waals surface area contributed by atoms with E-state index in [0.717, 1.165) is 16.9 Å². The third-order valence-electron chi connectivity index (χ3n) is 3.94. The molecule has 27 heavy (non-hydrogen) atoms. The molecule has 1 N–H and O–H groups in total. The van der Waals surface area contributed by atoms with E-state index in [1.807, 2.05) is 13.0 Å². The molecule has 2 aromatic carbocycles. The number of ether oxygens (including phenoxy) is 1. The highest BCUT2D eigenvalue weighted by Crippen LogP contribution is 2.28. The SMILES string of the molecule is Cc1ccc(C(C)C)c(OCc2nnc(NC(=O)c3ccc(Cl)cc3)s2)c1. The first-order valence-corrected chi connectivity index (χ1v) is 9.74. The third-order valence-corrected chi connectivity index (χ3v) is 5.00. The van der Waals surface area contributed by atoms with Gasteiger partial charge in [-0.2, -0.15) is 0 Å². The number of amides is 1. The Morgan fingerprint density at radius 2 is 1.93 bits per heavy atom. The summed E-state index contributed by atoms with van der Waals surface area (Å²) in [7, 11) is 0. The number of carbonyl (C=O) groups excluding carboxylic acids is 1. The summed E-state index contributed by atoms with van der Waals surface area (Å²) in [6.45, 7) is 6.60. The Balaban J connectivity index is 1.64. The topological polar surface area (TPSA) is 64.1 Å². The number of aryl methyl sites for hydroxylation is 1. The fraction of sp³-hybridized carbons (Fsp3) is 0.250. The Morgan fingerprint density at radius 1 is 1.19 bits per heavy atom. The predicted octanol–water partition coefficient (Wildman–Crippen LogP) is 5.45. The van der Waals surface area contributed by atoms with E-state index in [1.165, 1.54) is 11.3 Å². The first-order chi connectivity index (χ1) is 12.9. The average molecular weight is 402 g/mol. The van der Waals surface area contributed by atoms with Crippen LogP contribution in [0, 0.1) is 6.92 Å². The minimum atomic E-state index is -0.254. The molecule has 3 rings (SSSR count). The predicted molar refractivity (Wildman–Crippen MR) is 109 cm³/mol. The van der Waals surface area contributed by atoms with Crippen molar-refractivity contribution in [2.24, 2.45) is 0 Å². The molecule has 0 saturated carbocycles. The first-order valence-electron chi connectivity index (χ1n) is 8.55. The second-order valence-electron chi connectivity index (χ2n) is 6.45. The second-order valence-corrected chi connectivity index (χ2v) is 7.95. The summed E-state index contributed by atoms with van der Waals surface area (Å²) >= 11 is 7.13. The Bertz CT molecular complexity index is 939. The summed E-state index contributed by atoms with van der Waals surface area (Å²) in [6.07, 6.45) is 0. The van der Waals surface area contributed by atoms with E-state index in [0.29, 0.717) is 33.3 Å². The van der Waals surface area contributed by atoms with E-state index in [2.05, 4.69) is 41.5 Å². The van der Waals surface area contributed by atoms with E-state index in [4.69, 9.17) is 16.3 Å². The zero-order valence-electron chi connectivity index (χ0n) is 15.3. The van der Waals surface area contributed by atoms with Crippen molar-refractivity contribution in [2.45, 2.75) is 33.3 Å². The molecule has 1 amide bonds. The van der Waals surface area contributed by atoms with Crippen molar-refractivity contribution in [1.29, 1.82) is 0 Å². The van der Waals surface area contributed by atoms with Crippen LogP contribution in [0.2, 0.25) is 5.02 Å². The molecule has 1 heterocycles. The fourth-order valence-corrected chi connectivity index (χ4v) is 3.29. The van der Waals surface area contributed by atoms with Gasteiger partial charge in [0, 0.05) is 10.6 Å². The Morgan fingerprint density at radius 3 is 2.63 bits per heavy atom. The molecule has 1 aromatic heterocycles. The number of benzene rings is 2. The monoisotopic (exact) mass is 401 g/mol. The summed E-state index contributed by atoms with van der Waals surface area (Å²) in [6, 6.07) is 12.9. The summed E-state index contributed by atoms with van der Waals surface area (Å²) in [5.74, 6) is 0.965. The molecule has 0 unspecified atom stereocenters. The molecule has 0 radical (unpaired) electrons. The van der Waals surface area contributed by atoms with Crippen LogP contribution in [0.5, 0.6) is 5.75 Å². The standard InChI is InChI=1S/C20H20ClN3O2S/c1-12(2)16-9-4-13(3)10-17(16)26-11-18-23-24-20(27-18)22-19(25)14-5-7-15(21)8-6-14/h4-10,12H,11H2,1-3H3,(H,22,24,25). The maximum atomic E-state index is 12.2. The third kappa shape index (κ3) is 5.05. The largest absolute Gasteiger partial charge is 0.486 e. The number of anilines is 1. The minimum Gasteiger partial charge on any atom is -0.486 e. The summed E-state index contributed by atoms with van der Waals surface area (Å²) < 4.78 is 5.96. The number of nitrogens with zero attached hydrogens (tertiary/aromatic N) is 2. The fourth-order valence-electron chi connectivity index (χ4n) is 2.52. The Labute approximate surface area is 167 Å². The summed E-state index contributed by atoms with van der Waals surface area (Å²) in [4.78, 5) is 12.2. The number of nitrogens with one attached hydrogen (secondary N) is 1. The van der Waals surface area contributed by atoms with E-state index in [-0.39, 0.29) is 5.91 Å². The van der Waals surface area contributed by atoms with Gasteiger partial charge in [0.1, 0.15) is 12.4 Å². The van der Waals surface area contributed by atoms with Gasteiger partial charge in [-0.25, -0.2) is 0 Å². The van der Waals surface area contributed by atoms with Gasteiger partial charge in [-0.15, -0.1) is 10.2 Å². The van der Waals surface area contributed by atoms with Crippen LogP contribution in [0.4, 0.5) is 5.13 Å². The molecule has 0 spiro atoms. The van der Waals surface area contributed by atoms with Crippen molar-refractivity contribution >= 4 is 34.0 Å². The van der Waals surface area contributed by atoms with E-state index in [1.54, 1.807) is 24.3 Å². The molecule has 5 nitrogen and oxygen atoms in total. The van der Waals surface area contributed by atoms with Crippen LogP contribution in [-0.2, 0) is 6.61 Å². The molecule has 3 aromatic rings. The van der Waals surface area contributed by atoms with Crippen LogP contribution < -0.4 is 10.1 Å². The van der Waals surface area contributed by atoms with Crippen molar-refractivity contribution in [3.63, 3.8) is 0 Å². The van der Waals surface area contributed by atoms with Crippen LogP contribution in [0.15, 0.2) is 42.5 Å². The summed E-state index contributed by atoms with van der Waals surface area (Å²) in [5.41, 5.74) is 2.80. The van der Waals surface area contributed by atoms with Crippen molar-refractivity contribution in [3.8, 4) is 5.75 Å². The molecule has 7 heteroatoms.